The van der Waals surface area contributed by atoms with Gasteiger partial charge in [-0.2, -0.15) is 8.78 Å². The van der Waals surface area contributed by atoms with Crippen LogP contribution in [0.25, 0.3) is 0 Å². The average Bonchev–Trinajstić information content (AvgIpc) is 2.22. The third-order valence-electron chi connectivity index (χ3n) is 1.67. The smallest absolute Gasteiger partial charge is 0.349 e. The first-order valence-corrected chi connectivity index (χ1v) is 4.59. The number of halogens is 4. The summed E-state index contributed by atoms with van der Waals surface area (Å²) in [5, 5.41) is 3.85. The topological polar surface area (TPSA) is 61.4 Å². The van der Waals surface area contributed by atoms with Crippen molar-refractivity contribution in [3.8, 4) is 0 Å². The molecule has 0 saturated carbocycles. The molecule has 0 heterocycles. The molecule has 2 N–H and O–H groups in total. The lowest BCUT2D eigenvalue weighted by atomic mass is 10.3. The third kappa shape index (κ3) is 4.87. The van der Waals surface area contributed by atoms with E-state index in [9.17, 15) is 27.2 Å². The largest absolute Gasteiger partial charge is 0.383 e. The van der Waals surface area contributed by atoms with Gasteiger partial charge in [0.2, 0.25) is 0 Å². The number of carbonyl (C=O) groups is 2. The molecule has 0 unspecified atom stereocenters. The fourth-order valence-corrected chi connectivity index (χ4v) is 0.721. The van der Waals surface area contributed by atoms with E-state index in [1.807, 2.05) is 0 Å². The second-order valence-corrected chi connectivity index (χ2v) is 3.31. The predicted octanol–water partition coefficient (Wildman–Crippen LogP) is 0.274. The molecule has 0 aromatic carbocycles. The Balaban J connectivity index is 3.91. The van der Waals surface area contributed by atoms with Gasteiger partial charge in [0.15, 0.2) is 0 Å². The van der Waals surface area contributed by atoms with Crippen LogP contribution in [-0.2, 0) is 4.79 Å². The summed E-state index contributed by atoms with van der Waals surface area (Å²) in [4.78, 5) is 22.7. The third-order valence-corrected chi connectivity index (χ3v) is 1.67. The summed E-state index contributed by atoms with van der Waals surface area (Å²) in [6.07, 6.45) is -4.06. The average molecular weight is 259 g/mol. The molecule has 5 nitrogen and oxygen atoms in total. The van der Waals surface area contributed by atoms with Gasteiger partial charge in [0, 0.05) is 27.2 Å². The summed E-state index contributed by atoms with van der Waals surface area (Å²) in [6, 6.07) is -0.486. The van der Waals surface area contributed by atoms with E-state index in [-0.39, 0.29) is 13.1 Å². The zero-order valence-corrected chi connectivity index (χ0v) is 9.27. The maximum atomic E-state index is 12.4. The van der Waals surface area contributed by atoms with Gasteiger partial charge in [-0.25, -0.2) is 13.6 Å². The maximum Gasteiger partial charge on any atom is 0.383 e. The van der Waals surface area contributed by atoms with Gasteiger partial charge in [0.1, 0.15) is 0 Å². The van der Waals surface area contributed by atoms with Crippen molar-refractivity contribution in [1.82, 2.24) is 15.5 Å². The van der Waals surface area contributed by atoms with Crippen molar-refractivity contribution < 1.29 is 27.2 Å². The van der Waals surface area contributed by atoms with Crippen LogP contribution < -0.4 is 10.6 Å². The van der Waals surface area contributed by atoms with E-state index in [0.29, 0.717) is 0 Å². The highest BCUT2D eigenvalue weighted by Gasteiger charge is 2.48. The zero-order valence-electron chi connectivity index (χ0n) is 9.27. The minimum Gasteiger partial charge on any atom is -0.349 e. The van der Waals surface area contributed by atoms with Gasteiger partial charge in [-0.1, -0.05) is 0 Å². The molecule has 0 bridgehead atoms. The summed E-state index contributed by atoms with van der Waals surface area (Å²) in [7, 11) is 2.91. The molecule has 0 fully saturated rings. The second-order valence-electron chi connectivity index (χ2n) is 3.31. The number of urea groups is 1. The van der Waals surface area contributed by atoms with Crippen molar-refractivity contribution in [3.63, 3.8) is 0 Å². The monoisotopic (exact) mass is 259 g/mol. The van der Waals surface area contributed by atoms with Crippen LogP contribution in [0.4, 0.5) is 22.4 Å². The van der Waals surface area contributed by atoms with E-state index < -0.39 is 24.3 Å². The fraction of sp³-hybridized carbons (Fsp3) is 0.750. The second kappa shape index (κ2) is 6.26. The highest BCUT2D eigenvalue weighted by atomic mass is 19.3. The lowest BCUT2D eigenvalue weighted by Crippen LogP contribution is -2.47. The van der Waals surface area contributed by atoms with Crippen LogP contribution in [0.2, 0.25) is 0 Å². The van der Waals surface area contributed by atoms with E-state index in [2.05, 4.69) is 5.32 Å². The molecule has 0 aromatic heterocycles. The molecule has 9 heteroatoms. The Kier molecular flexibility index (Phi) is 5.69. The summed E-state index contributed by atoms with van der Waals surface area (Å²) >= 11 is 0. The Morgan fingerprint density at radius 1 is 1.18 bits per heavy atom. The van der Waals surface area contributed by atoms with Crippen LogP contribution in [0.1, 0.15) is 0 Å². The number of amides is 3. The highest BCUT2D eigenvalue weighted by molar-refractivity contribution is 5.83. The zero-order chi connectivity index (χ0) is 13.6. The van der Waals surface area contributed by atoms with Crippen molar-refractivity contribution in [2.24, 2.45) is 0 Å². The molecule has 0 atom stereocenters. The van der Waals surface area contributed by atoms with E-state index in [1.165, 1.54) is 19.0 Å². The standard InChI is InChI=1S/C8H13F4N3O2/c1-15(2)7(17)14-4-3-13-6(16)8(11,12)5(9)10/h5H,3-4H2,1-2H3,(H,13,16)(H,14,17). The van der Waals surface area contributed by atoms with Gasteiger partial charge < -0.3 is 15.5 Å². The van der Waals surface area contributed by atoms with Gasteiger partial charge in [-0.05, 0) is 0 Å². The number of nitrogens with one attached hydrogen (secondary N) is 2. The molecule has 17 heavy (non-hydrogen) atoms. The van der Waals surface area contributed by atoms with Crippen LogP contribution in [0.5, 0.6) is 0 Å². The quantitative estimate of drug-likeness (QED) is 0.550. The van der Waals surface area contributed by atoms with Gasteiger partial charge >= 0.3 is 18.4 Å². The SMILES string of the molecule is CN(C)C(=O)NCCNC(=O)C(F)(F)C(F)F. The van der Waals surface area contributed by atoms with Crippen LogP contribution in [0.3, 0.4) is 0 Å². The first kappa shape index (κ1) is 15.5. The van der Waals surface area contributed by atoms with E-state index in [4.69, 9.17) is 0 Å². The number of nitrogens with zero attached hydrogens (tertiary/aromatic N) is 1. The fourth-order valence-electron chi connectivity index (χ4n) is 0.721. The molecular weight excluding hydrogens is 246 g/mol. The van der Waals surface area contributed by atoms with Gasteiger partial charge in [-0.3, -0.25) is 4.79 Å². The highest BCUT2D eigenvalue weighted by Crippen LogP contribution is 2.22. The van der Waals surface area contributed by atoms with Gasteiger partial charge in [0.05, 0.1) is 0 Å². The van der Waals surface area contributed by atoms with Gasteiger partial charge in [0.25, 0.3) is 5.91 Å². The minimum absolute atomic E-state index is 0.137. The molecule has 0 saturated heterocycles. The number of hydrogen-bond donors (Lipinski definition) is 2. The first-order valence-electron chi connectivity index (χ1n) is 4.59. The maximum absolute atomic E-state index is 12.4. The molecule has 0 aliphatic rings. The van der Waals surface area contributed by atoms with E-state index in [0.717, 1.165) is 0 Å². The molecule has 0 aromatic rings. The molecule has 0 spiro atoms. The van der Waals surface area contributed by atoms with E-state index in [1.54, 1.807) is 5.32 Å². The van der Waals surface area contributed by atoms with Crippen LogP contribution in [-0.4, -0.2) is 56.4 Å². The lowest BCUT2D eigenvalue weighted by molar-refractivity contribution is -0.169. The predicted molar refractivity (Wildman–Crippen MR) is 51.0 cm³/mol. The van der Waals surface area contributed by atoms with Gasteiger partial charge in [-0.15, -0.1) is 0 Å². The normalized spacial score (nSPS) is 11.2. The van der Waals surface area contributed by atoms with E-state index >= 15 is 0 Å². The number of rotatable bonds is 5. The molecule has 3 amide bonds. The van der Waals surface area contributed by atoms with Crippen molar-refractivity contribution in [2.75, 3.05) is 27.2 Å². The van der Waals surface area contributed by atoms with Crippen LogP contribution in [0, 0.1) is 0 Å². The minimum atomic E-state index is -4.72. The summed E-state index contributed by atoms with van der Waals surface area (Å²) in [5.41, 5.74) is 0. The Morgan fingerprint density at radius 3 is 2.06 bits per heavy atom. The molecule has 0 rings (SSSR count). The lowest BCUT2D eigenvalue weighted by Gasteiger charge is -2.15. The van der Waals surface area contributed by atoms with Crippen molar-refractivity contribution in [1.29, 1.82) is 0 Å². The Morgan fingerprint density at radius 2 is 1.65 bits per heavy atom. The number of hydrogen-bond acceptors (Lipinski definition) is 2. The van der Waals surface area contributed by atoms with Crippen LogP contribution >= 0.6 is 0 Å². The Labute approximate surface area is 95.1 Å². The van der Waals surface area contributed by atoms with Crippen molar-refractivity contribution in [3.05, 3.63) is 0 Å². The summed E-state index contributed by atoms with van der Waals surface area (Å²) in [6.45, 7) is -0.497. The molecule has 0 aliphatic carbocycles. The van der Waals surface area contributed by atoms with Crippen molar-refractivity contribution in [2.45, 2.75) is 12.3 Å². The number of alkyl halides is 4. The molecule has 0 radical (unpaired) electrons. The Bertz CT molecular complexity index is 284. The molecule has 0 aliphatic heterocycles. The first-order chi connectivity index (χ1) is 7.69. The van der Waals surface area contributed by atoms with Crippen LogP contribution in [0.15, 0.2) is 0 Å². The summed E-state index contributed by atoms with van der Waals surface area (Å²) in [5.74, 6) is -6.78. The molecular formula is C8H13F4N3O2. The number of carbonyl (C=O) groups excluding carboxylic acids is 2. The van der Waals surface area contributed by atoms with Crippen molar-refractivity contribution >= 4 is 11.9 Å². The Hall–Kier alpha value is -1.54. The molecule has 100 valence electrons. The summed E-state index contributed by atoms with van der Waals surface area (Å²) < 4.78 is 48.2.